The zero-order valence-corrected chi connectivity index (χ0v) is 17.3. The fourth-order valence-corrected chi connectivity index (χ4v) is 4.24. The summed E-state index contributed by atoms with van der Waals surface area (Å²) in [4.78, 5) is 8.93. The molecule has 1 saturated heterocycles. The highest BCUT2D eigenvalue weighted by molar-refractivity contribution is 6.30. The summed E-state index contributed by atoms with van der Waals surface area (Å²) in [6, 6.07) is 20.5. The summed E-state index contributed by atoms with van der Waals surface area (Å²) < 4.78 is 0. The van der Waals surface area contributed by atoms with Crippen molar-refractivity contribution in [1.82, 2.24) is 15.2 Å². The average Bonchev–Trinajstić information content (AvgIpc) is 2.80. The van der Waals surface area contributed by atoms with Gasteiger partial charge in [-0.1, -0.05) is 48.0 Å². The molecular formula is C24H22ClN5. The van der Waals surface area contributed by atoms with E-state index >= 15 is 0 Å². The summed E-state index contributed by atoms with van der Waals surface area (Å²) in [5.74, 6) is 0.964. The molecular weight excluding hydrogens is 394 g/mol. The summed E-state index contributed by atoms with van der Waals surface area (Å²) in [7, 11) is 0. The Labute approximate surface area is 180 Å². The van der Waals surface area contributed by atoms with Gasteiger partial charge < -0.3 is 9.80 Å². The van der Waals surface area contributed by atoms with E-state index < -0.39 is 0 Å². The fraction of sp³-hybridized carbons (Fsp3) is 0.208. The van der Waals surface area contributed by atoms with E-state index in [0.717, 1.165) is 65.5 Å². The van der Waals surface area contributed by atoms with Crippen LogP contribution in [-0.2, 0) is 6.42 Å². The van der Waals surface area contributed by atoms with E-state index in [4.69, 9.17) is 11.6 Å². The van der Waals surface area contributed by atoms with Crippen LogP contribution in [0.5, 0.6) is 0 Å². The van der Waals surface area contributed by atoms with Gasteiger partial charge in [0.1, 0.15) is 0 Å². The zero-order chi connectivity index (χ0) is 20.3. The van der Waals surface area contributed by atoms with Gasteiger partial charge in [-0.05, 0) is 29.8 Å². The van der Waals surface area contributed by atoms with Gasteiger partial charge in [0.2, 0.25) is 0 Å². The predicted octanol–water partition coefficient (Wildman–Crippen LogP) is 4.60. The second kappa shape index (κ2) is 8.28. The highest BCUT2D eigenvalue weighted by atomic mass is 35.5. The van der Waals surface area contributed by atoms with Crippen LogP contribution in [0, 0.1) is 0 Å². The van der Waals surface area contributed by atoms with E-state index in [1.807, 2.05) is 30.5 Å². The lowest BCUT2D eigenvalue weighted by atomic mass is 10.0. The number of hydrogen-bond donors (Lipinski definition) is 0. The molecule has 6 heteroatoms. The lowest BCUT2D eigenvalue weighted by Crippen LogP contribution is -2.47. The van der Waals surface area contributed by atoms with Crippen LogP contribution in [-0.4, -0.2) is 41.4 Å². The molecule has 150 valence electrons. The molecule has 0 bridgehead atoms. The van der Waals surface area contributed by atoms with Crippen molar-refractivity contribution in [3.8, 4) is 0 Å². The Kier molecular flexibility index (Phi) is 5.20. The molecule has 4 aromatic rings. The molecule has 0 radical (unpaired) electrons. The normalized spacial score (nSPS) is 14.3. The van der Waals surface area contributed by atoms with Gasteiger partial charge in [0.15, 0.2) is 5.82 Å². The molecule has 2 aromatic heterocycles. The van der Waals surface area contributed by atoms with Crippen LogP contribution in [0.1, 0.15) is 11.3 Å². The Hall–Kier alpha value is -3.18. The minimum absolute atomic E-state index is 0.726. The first-order valence-corrected chi connectivity index (χ1v) is 10.5. The molecule has 2 aromatic carbocycles. The third-order valence-corrected chi connectivity index (χ3v) is 5.83. The standard InChI is InChI=1S/C24H22ClN5/c25-19-6-3-7-20(16-19)29-11-13-30(14-12-29)24-22-9-2-1-8-21(22)23(27-28-24)15-18-5-4-10-26-17-18/h1-10,16-17H,11-15H2. The molecule has 5 nitrogen and oxygen atoms in total. The van der Waals surface area contributed by atoms with Crippen LogP contribution in [0.4, 0.5) is 11.5 Å². The maximum absolute atomic E-state index is 6.17. The van der Waals surface area contributed by atoms with Crippen molar-refractivity contribution >= 4 is 33.9 Å². The van der Waals surface area contributed by atoms with Gasteiger partial charge in [-0.2, -0.15) is 5.10 Å². The number of piperazine rings is 1. The van der Waals surface area contributed by atoms with Crippen LogP contribution in [0.15, 0.2) is 73.1 Å². The number of nitrogens with zero attached hydrogens (tertiary/aromatic N) is 5. The molecule has 0 amide bonds. The van der Waals surface area contributed by atoms with Crippen LogP contribution >= 0.6 is 11.6 Å². The number of hydrogen-bond acceptors (Lipinski definition) is 5. The predicted molar refractivity (Wildman–Crippen MR) is 122 cm³/mol. The fourth-order valence-electron chi connectivity index (χ4n) is 4.05. The quantitative estimate of drug-likeness (QED) is 0.487. The monoisotopic (exact) mass is 415 g/mol. The number of halogens is 1. The van der Waals surface area contributed by atoms with Crippen LogP contribution in [0.2, 0.25) is 5.02 Å². The molecule has 5 rings (SSSR count). The number of anilines is 2. The Morgan fingerprint density at radius 2 is 1.60 bits per heavy atom. The van der Waals surface area contributed by atoms with Crippen molar-refractivity contribution in [3.05, 3.63) is 89.3 Å². The summed E-state index contributed by atoms with van der Waals surface area (Å²) >= 11 is 6.17. The van der Waals surface area contributed by atoms with Gasteiger partial charge in [-0.25, -0.2) is 0 Å². The number of rotatable bonds is 4. The summed E-state index contributed by atoms with van der Waals surface area (Å²) in [6.07, 6.45) is 4.41. The van der Waals surface area contributed by atoms with Gasteiger partial charge >= 0.3 is 0 Å². The molecule has 0 spiro atoms. The summed E-state index contributed by atoms with van der Waals surface area (Å²) in [6.45, 7) is 3.64. The van der Waals surface area contributed by atoms with Gasteiger partial charge in [-0.15, -0.1) is 5.10 Å². The molecule has 0 saturated carbocycles. The minimum atomic E-state index is 0.726. The largest absolute Gasteiger partial charge is 0.368 e. The molecule has 0 atom stereocenters. The molecule has 0 aliphatic carbocycles. The van der Waals surface area contributed by atoms with Crippen molar-refractivity contribution in [2.24, 2.45) is 0 Å². The van der Waals surface area contributed by atoms with Gasteiger partial charge in [0.05, 0.1) is 5.69 Å². The van der Waals surface area contributed by atoms with Crippen molar-refractivity contribution in [2.75, 3.05) is 36.0 Å². The molecule has 3 heterocycles. The first kappa shape index (κ1) is 18.8. The minimum Gasteiger partial charge on any atom is -0.368 e. The third kappa shape index (κ3) is 3.81. The molecule has 1 aliphatic rings. The second-order valence-corrected chi connectivity index (χ2v) is 7.94. The lowest BCUT2D eigenvalue weighted by Gasteiger charge is -2.37. The SMILES string of the molecule is Clc1cccc(N2CCN(c3nnc(Cc4cccnc4)c4ccccc34)CC2)c1. The van der Waals surface area contributed by atoms with Gasteiger partial charge in [-0.3, -0.25) is 4.98 Å². The number of fused-ring (bicyclic) bond motifs is 1. The van der Waals surface area contributed by atoms with E-state index in [2.05, 4.69) is 61.4 Å². The molecule has 0 unspecified atom stereocenters. The van der Waals surface area contributed by atoms with Crippen molar-refractivity contribution < 1.29 is 0 Å². The average molecular weight is 416 g/mol. The maximum Gasteiger partial charge on any atom is 0.159 e. The van der Waals surface area contributed by atoms with E-state index in [9.17, 15) is 0 Å². The summed E-state index contributed by atoms with van der Waals surface area (Å²) in [5, 5.41) is 12.4. The molecule has 0 N–H and O–H groups in total. The Morgan fingerprint density at radius 1 is 0.800 bits per heavy atom. The molecule has 1 aliphatic heterocycles. The van der Waals surface area contributed by atoms with Crippen LogP contribution in [0.3, 0.4) is 0 Å². The number of aromatic nitrogens is 3. The number of pyridine rings is 1. The van der Waals surface area contributed by atoms with Crippen molar-refractivity contribution in [3.63, 3.8) is 0 Å². The first-order valence-electron chi connectivity index (χ1n) is 10.2. The lowest BCUT2D eigenvalue weighted by molar-refractivity contribution is 0.645. The Bertz CT molecular complexity index is 1160. The maximum atomic E-state index is 6.17. The highest BCUT2D eigenvalue weighted by Crippen LogP contribution is 2.29. The third-order valence-electron chi connectivity index (χ3n) is 5.59. The number of benzene rings is 2. The molecule has 1 fully saturated rings. The van der Waals surface area contributed by atoms with E-state index in [0.29, 0.717) is 0 Å². The van der Waals surface area contributed by atoms with E-state index in [1.165, 1.54) is 5.69 Å². The van der Waals surface area contributed by atoms with Gasteiger partial charge in [0.25, 0.3) is 0 Å². The van der Waals surface area contributed by atoms with Crippen molar-refractivity contribution in [2.45, 2.75) is 6.42 Å². The highest BCUT2D eigenvalue weighted by Gasteiger charge is 2.21. The Morgan fingerprint density at radius 3 is 2.37 bits per heavy atom. The van der Waals surface area contributed by atoms with Gasteiger partial charge in [0, 0.05) is 66.5 Å². The van der Waals surface area contributed by atoms with E-state index in [1.54, 1.807) is 6.20 Å². The zero-order valence-electron chi connectivity index (χ0n) is 16.6. The van der Waals surface area contributed by atoms with Crippen LogP contribution < -0.4 is 9.80 Å². The Balaban J connectivity index is 1.40. The smallest absolute Gasteiger partial charge is 0.159 e. The topological polar surface area (TPSA) is 45.2 Å². The van der Waals surface area contributed by atoms with E-state index in [-0.39, 0.29) is 0 Å². The second-order valence-electron chi connectivity index (χ2n) is 7.51. The first-order chi connectivity index (χ1) is 14.8. The molecule has 30 heavy (non-hydrogen) atoms. The van der Waals surface area contributed by atoms with Crippen molar-refractivity contribution in [1.29, 1.82) is 0 Å². The van der Waals surface area contributed by atoms with Crippen LogP contribution in [0.25, 0.3) is 10.8 Å². The summed E-state index contributed by atoms with van der Waals surface area (Å²) in [5.41, 5.74) is 3.30.